The fourth-order valence-corrected chi connectivity index (χ4v) is 10.3. The molecule has 4 aromatic carbocycles. The molecule has 46 heavy (non-hydrogen) atoms. The van der Waals surface area contributed by atoms with Gasteiger partial charge in [0.25, 0.3) is 11.8 Å². The van der Waals surface area contributed by atoms with Crippen molar-refractivity contribution in [3.63, 3.8) is 0 Å². The van der Waals surface area contributed by atoms with Gasteiger partial charge >= 0.3 is 0 Å². The SMILES string of the molecule is C[C@@H]1[C@@H]([Si](C)(C)F)[C@H](CCO)O[C@@]12C(=O)N(Cc1ccc(N3C(=O)c4ccccc4Oc4ccccc43)cc1)c1ccc(Cl)cc12. The molecule has 1 spiro atoms. The maximum atomic E-state index is 15.8. The van der Waals surface area contributed by atoms with Crippen LogP contribution >= 0.6 is 11.6 Å². The summed E-state index contributed by atoms with van der Waals surface area (Å²) in [5, 5.41) is 10.3. The molecule has 7 nitrogen and oxygen atoms in total. The smallest absolute Gasteiger partial charge is 0.266 e. The molecule has 0 radical (unpaired) electrons. The monoisotopic (exact) mass is 656 g/mol. The number of anilines is 3. The average molecular weight is 657 g/mol. The number of hydrogen-bond acceptors (Lipinski definition) is 5. The molecule has 1 N–H and O–H groups in total. The summed E-state index contributed by atoms with van der Waals surface area (Å²) in [7, 11) is -3.30. The molecule has 0 aliphatic carbocycles. The van der Waals surface area contributed by atoms with Gasteiger partial charge in [-0.1, -0.05) is 54.9 Å². The van der Waals surface area contributed by atoms with Gasteiger partial charge in [-0.25, -0.2) is 0 Å². The molecule has 3 aliphatic rings. The topological polar surface area (TPSA) is 79.3 Å². The molecule has 1 saturated heterocycles. The predicted molar refractivity (Wildman–Crippen MR) is 178 cm³/mol. The van der Waals surface area contributed by atoms with Gasteiger partial charge in [-0.05, 0) is 79.7 Å². The number of rotatable bonds is 6. The van der Waals surface area contributed by atoms with E-state index in [0.717, 1.165) is 5.56 Å². The highest BCUT2D eigenvalue weighted by atomic mass is 35.5. The molecular formula is C36H34ClFN2O5Si. The summed E-state index contributed by atoms with van der Waals surface area (Å²) in [6, 6.07) is 27.4. The Morgan fingerprint density at radius 3 is 2.35 bits per heavy atom. The van der Waals surface area contributed by atoms with Gasteiger partial charge in [0.2, 0.25) is 8.41 Å². The molecule has 0 aromatic heterocycles. The zero-order valence-corrected chi connectivity index (χ0v) is 27.5. The van der Waals surface area contributed by atoms with Crippen molar-refractivity contribution in [2.75, 3.05) is 16.4 Å². The molecular weight excluding hydrogens is 623 g/mol. The maximum Gasteiger partial charge on any atom is 0.266 e. The van der Waals surface area contributed by atoms with Crippen molar-refractivity contribution >= 4 is 48.9 Å². The average Bonchev–Trinajstić information content (AvgIpc) is 3.40. The Labute approximate surface area is 273 Å². The molecule has 7 rings (SSSR count). The van der Waals surface area contributed by atoms with Crippen molar-refractivity contribution < 1.29 is 28.3 Å². The van der Waals surface area contributed by atoms with Crippen molar-refractivity contribution in [1.29, 1.82) is 0 Å². The van der Waals surface area contributed by atoms with Crippen LogP contribution in [0.1, 0.15) is 34.8 Å². The van der Waals surface area contributed by atoms with Crippen molar-refractivity contribution in [3.05, 3.63) is 113 Å². The summed E-state index contributed by atoms with van der Waals surface area (Å²) in [6.45, 7) is 5.22. The number of hydrogen-bond donors (Lipinski definition) is 1. The van der Waals surface area contributed by atoms with E-state index in [1.54, 1.807) is 47.2 Å². The largest absolute Gasteiger partial charge is 0.454 e. The molecule has 4 aromatic rings. The number of benzene rings is 4. The Bertz CT molecular complexity index is 1850. The van der Waals surface area contributed by atoms with Crippen molar-refractivity contribution in [2.24, 2.45) is 5.92 Å². The highest BCUT2D eigenvalue weighted by Crippen LogP contribution is 2.60. The van der Waals surface area contributed by atoms with Gasteiger partial charge in [0.05, 0.1) is 29.6 Å². The third-order valence-electron chi connectivity index (χ3n) is 9.52. The van der Waals surface area contributed by atoms with Gasteiger partial charge < -0.3 is 23.6 Å². The van der Waals surface area contributed by atoms with E-state index >= 15 is 4.11 Å². The minimum Gasteiger partial charge on any atom is -0.454 e. The molecule has 1 fully saturated rings. The van der Waals surface area contributed by atoms with E-state index in [1.807, 2.05) is 73.7 Å². The number of ether oxygens (including phenoxy) is 2. The highest BCUT2D eigenvalue weighted by molar-refractivity contribution is 6.72. The molecule has 2 amide bonds. The second-order valence-corrected chi connectivity index (χ2v) is 16.9. The molecule has 0 unspecified atom stereocenters. The Morgan fingerprint density at radius 1 is 0.935 bits per heavy atom. The number of aliphatic hydroxyl groups excluding tert-OH is 1. The first kappa shape index (κ1) is 30.6. The second-order valence-electron chi connectivity index (χ2n) is 12.7. The third-order valence-corrected chi connectivity index (χ3v) is 12.2. The molecule has 3 aliphatic heterocycles. The number of nitrogens with zero attached hydrogens (tertiary/aromatic N) is 2. The lowest BCUT2D eigenvalue weighted by Crippen LogP contribution is -2.45. The lowest BCUT2D eigenvalue weighted by molar-refractivity contribution is -0.146. The summed E-state index contributed by atoms with van der Waals surface area (Å²) in [6.07, 6.45) is -0.347. The number of para-hydroxylation sites is 3. The summed E-state index contributed by atoms with van der Waals surface area (Å²) in [5.41, 5.74) is 1.95. The van der Waals surface area contributed by atoms with Crippen molar-refractivity contribution in [3.8, 4) is 11.5 Å². The quantitative estimate of drug-likeness (QED) is 0.167. The molecule has 0 bridgehead atoms. The highest BCUT2D eigenvalue weighted by Gasteiger charge is 2.66. The fraction of sp³-hybridized carbons (Fsp3) is 0.278. The first-order chi connectivity index (χ1) is 22.0. The van der Waals surface area contributed by atoms with Gasteiger partial charge in [-0.15, -0.1) is 0 Å². The van der Waals surface area contributed by atoms with E-state index in [0.29, 0.717) is 44.7 Å². The van der Waals surface area contributed by atoms with Crippen molar-refractivity contribution in [1.82, 2.24) is 0 Å². The minimum absolute atomic E-state index is 0.164. The number of carbonyl (C=O) groups is 2. The van der Waals surface area contributed by atoms with Gasteiger partial charge in [-0.2, -0.15) is 0 Å². The van der Waals surface area contributed by atoms with Gasteiger partial charge in [0.1, 0.15) is 5.75 Å². The van der Waals surface area contributed by atoms with Crippen LogP contribution in [0.5, 0.6) is 11.5 Å². The lowest BCUT2D eigenvalue weighted by Gasteiger charge is -2.31. The zero-order chi connectivity index (χ0) is 32.4. The van der Waals surface area contributed by atoms with E-state index in [2.05, 4.69) is 0 Å². The maximum absolute atomic E-state index is 15.8. The number of aliphatic hydroxyl groups is 1. The third kappa shape index (κ3) is 4.76. The van der Waals surface area contributed by atoms with E-state index in [-0.39, 0.29) is 31.4 Å². The first-order valence-corrected chi connectivity index (χ1v) is 18.8. The normalized spacial score (nSPS) is 23.7. The summed E-state index contributed by atoms with van der Waals surface area (Å²) < 4.78 is 28.5. The van der Waals surface area contributed by atoms with Crippen LogP contribution in [0.15, 0.2) is 91.0 Å². The van der Waals surface area contributed by atoms with Gasteiger partial charge in [0, 0.05) is 34.3 Å². The summed E-state index contributed by atoms with van der Waals surface area (Å²) in [4.78, 5) is 31.7. The van der Waals surface area contributed by atoms with Crippen LogP contribution in [-0.4, -0.2) is 38.0 Å². The Hall–Kier alpha value is -4.02. The molecule has 4 atom stereocenters. The van der Waals surface area contributed by atoms with Crippen LogP contribution in [0.3, 0.4) is 0 Å². The van der Waals surface area contributed by atoms with E-state index in [4.69, 9.17) is 21.1 Å². The summed E-state index contributed by atoms with van der Waals surface area (Å²) in [5.74, 6) is 0.109. The second kappa shape index (κ2) is 11.3. The number of amides is 2. The Balaban J connectivity index is 1.23. The molecule has 0 saturated carbocycles. The number of fused-ring (bicyclic) bond motifs is 4. The van der Waals surface area contributed by atoms with E-state index in [1.165, 1.54) is 0 Å². The van der Waals surface area contributed by atoms with Gasteiger partial charge in [0.15, 0.2) is 11.4 Å². The van der Waals surface area contributed by atoms with Crippen LogP contribution in [-0.2, 0) is 21.7 Å². The predicted octanol–water partition coefficient (Wildman–Crippen LogP) is 8.13. The van der Waals surface area contributed by atoms with Crippen LogP contribution in [0.2, 0.25) is 23.7 Å². The van der Waals surface area contributed by atoms with Crippen LogP contribution in [0, 0.1) is 5.92 Å². The van der Waals surface area contributed by atoms with Crippen LogP contribution < -0.4 is 14.5 Å². The van der Waals surface area contributed by atoms with E-state index in [9.17, 15) is 14.7 Å². The Kier molecular flexibility index (Phi) is 7.55. The standard InChI is InChI=1S/C36H34ClFN2O5Si/c1-22-33(46(2,3)38)32(18-19-41)45-36(22)27-20-24(37)14-17-28(27)39(35(36)43)21-23-12-15-25(16-13-23)40-29-9-5-7-11-31(29)44-30-10-6-4-8-26(30)34(40)42/h4-17,20,22,32-33,41H,18-19,21H2,1-3H3/t22-,32+,33-,36+/m1/s1. The van der Waals surface area contributed by atoms with E-state index < -0.39 is 31.6 Å². The molecule has 236 valence electrons. The lowest BCUT2D eigenvalue weighted by atomic mass is 9.82. The first-order valence-electron chi connectivity index (χ1n) is 15.4. The van der Waals surface area contributed by atoms with Crippen LogP contribution in [0.25, 0.3) is 0 Å². The van der Waals surface area contributed by atoms with Crippen LogP contribution in [0.4, 0.5) is 21.2 Å². The zero-order valence-electron chi connectivity index (χ0n) is 25.7. The molecule has 10 heteroatoms. The minimum atomic E-state index is -3.30. The molecule has 3 heterocycles. The Morgan fingerprint density at radius 2 is 1.63 bits per heavy atom. The van der Waals surface area contributed by atoms with Gasteiger partial charge in [-0.3, -0.25) is 14.5 Å². The summed E-state index contributed by atoms with van der Waals surface area (Å²) >= 11 is 6.46. The number of halogens is 2. The van der Waals surface area contributed by atoms with Crippen molar-refractivity contribution in [2.45, 2.75) is 50.2 Å². The number of carbonyl (C=O) groups excluding carboxylic acids is 2. The fourth-order valence-electron chi connectivity index (χ4n) is 7.57.